The maximum atomic E-state index is 5.02. The third kappa shape index (κ3) is 9.26. The molecule has 0 amide bonds. The van der Waals surface area contributed by atoms with E-state index in [0.29, 0.717) is 33.7 Å². The summed E-state index contributed by atoms with van der Waals surface area (Å²) in [7, 11) is 0. The molecule has 0 bridgehead atoms. The lowest BCUT2D eigenvalue weighted by molar-refractivity contribution is 0.515. The molecular formula is C41H47N13S5. The number of hydrogen-bond donors (Lipinski definition) is 2. The van der Waals surface area contributed by atoms with Gasteiger partial charge in [-0.15, -0.1) is 43.1 Å². The number of aryl methyl sites for hydroxylation is 2. The summed E-state index contributed by atoms with van der Waals surface area (Å²) in [5.41, 5.74) is 7.25. The molecule has 0 atom stereocenters. The SMILES string of the molecule is CCN(CC)c1ccc(N=Nc2snc3scc(C)c23)c(Nc2nc(Nc3cc(N(CC)CC)ccc3N=Nc3snc4scc(C)c34)nc(SC3CCCCC3)n2)c1. The minimum absolute atomic E-state index is 0.408. The smallest absolute Gasteiger partial charge is 0.233 e. The second-order valence-corrected chi connectivity index (χ2v) is 18.7. The Morgan fingerprint density at radius 3 is 1.58 bits per heavy atom. The topological polar surface area (TPSA) is 144 Å². The molecule has 0 unspecified atom stereocenters. The number of hydrogen-bond acceptors (Lipinski definition) is 18. The van der Waals surface area contributed by atoms with Crippen LogP contribution in [0.2, 0.25) is 0 Å². The van der Waals surface area contributed by atoms with Crippen LogP contribution in [-0.2, 0) is 0 Å². The molecule has 1 aliphatic rings. The van der Waals surface area contributed by atoms with Crippen LogP contribution in [0.4, 0.5) is 56.0 Å². The number of fused-ring (bicyclic) bond motifs is 2. The molecule has 1 aliphatic carbocycles. The first-order valence-corrected chi connectivity index (χ1v) is 24.3. The minimum atomic E-state index is 0.408. The van der Waals surface area contributed by atoms with Crippen LogP contribution in [0.15, 0.2) is 72.8 Å². The van der Waals surface area contributed by atoms with Gasteiger partial charge in [0, 0.05) is 42.8 Å². The zero-order valence-electron chi connectivity index (χ0n) is 34.0. The maximum absolute atomic E-state index is 5.02. The minimum Gasteiger partial charge on any atom is -0.372 e. The Labute approximate surface area is 364 Å². The van der Waals surface area contributed by atoms with Gasteiger partial charge in [0.2, 0.25) is 11.9 Å². The van der Waals surface area contributed by atoms with Gasteiger partial charge in [-0.2, -0.15) is 23.7 Å². The van der Waals surface area contributed by atoms with Crippen LogP contribution in [0.5, 0.6) is 0 Å². The van der Waals surface area contributed by atoms with Crippen LogP contribution < -0.4 is 20.4 Å². The normalized spacial score (nSPS) is 13.7. The van der Waals surface area contributed by atoms with Gasteiger partial charge < -0.3 is 20.4 Å². The molecule has 1 fully saturated rings. The van der Waals surface area contributed by atoms with Crippen molar-refractivity contribution in [3.8, 4) is 0 Å². The zero-order valence-corrected chi connectivity index (χ0v) is 38.1. The summed E-state index contributed by atoms with van der Waals surface area (Å²) in [5.74, 6) is 0.816. The van der Waals surface area contributed by atoms with Crippen molar-refractivity contribution in [3.63, 3.8) is 0 Å². The predicted molar refractivity (Wildman–Crippen MR) is 252 cm³/mol. The molecular weight excluding hydrogens is 835 g/mol. The van der Waals surface area contributed by atoms with Gasteiger partial charge in [-0.1, -0.05) is 31.0 Å². The van der Waals surface area contributed by atoms with Crippen molar-refractivity contribution >= 4 is 134 Å². The van der Waals surface area contributed by atoms with E-state index < -0.39 is 0 Å². The lowest BCUT2D eigenvalue weighted by Gasteiger charge is -2.23. The number of thiophene rings is 2. The van der Waals surface area contributed by atoms with Gasteiger partial charge >= 0.3 is 0 Å². The number of rotatable bonds is 16. The first-order valence-electron chi connectivity index (χ1n) is 20.1. The Kier molecular flexibility index (Phi) is 13.1. The number of nitrogens with one attached hydrogen (secondary N) is 2. The number of thioether (sulfide) groups is 1. The molecule has 0 radical (unpaired) electrons. The molecule has 8 rings (SSSR count). The van der Waals surface area contributed by atoms with Crippen molar-refractivity contribution in [1.29, 1.82) is 0 Å². The highest BCUT2D eigenvalue weighted by molar-refractivity contribution is 7.99. The first-order chi connectivity index (χ1) is 28.8. The third-order valence-electron chi connectivity index (χ3n) is 10.4. The molecule has 18 heteroatoms. The third-order valence-corrected chi connectivity index (χ3v) is 15.3. The van der Waals surface area contributed by atoms with Crippen molar-refractivity contribution in [2.45, 2.75) is 84.1 Å². The number of aromatic nitrogens is 5. The second-order valence-electron chi connectivity index (χ2n) is 14.2. The van der Waals surface area contributed by atoms with E-state index in [1.54, 1.807) is 34.4 Å². The molecule has 5 aromatic heterocycles. The molecule has 2 N–H and O–H groups in total. The molecule has 13 nitrogen and oxygen atoms in total. The Morgan fingerprint density at radius 2 is 1.12 bits per heavy atom. The molecule has 1 saturated carbocycles. The predicted octanol–water partition coefficient (Wildman–Crippen LogP) is 14.3. The van der Waals surface area contributed by atoms with Crippen molar-refractivity contribution in [3.05, 3.63) is 58.3 Å². The Balaban J connectivity index is 1.18. The van der Waals surface area contributed by atoms with Gasteiger partial charge in [0.05, 0.1) is 22.1 Å². The van der Waals surface area contributed by atoms with Gasteiger partial charge in [0.1, 0.15) is 21.0 Å². The summed E-state index contributed by atoms with van der Waals surface area (Å²) in [4.78, 5) is 21.6. The molecule has 0 spiro atoms. The van der Waals surface area contributed by atoms with Gasteiger partial charge in [-0.25, -0.2) is 0 Å². The number of nitrogens with zero attached hydrogens (tertiary/aromatic N) is 11. The standard InChI is InChI=1S/C41H47N13S5/c1-7-53(8-2)26-16-18-29(47-49-35-33-24(5)22-55-37(33)51-58-35)31(20-26)42-39-44-40(46-41(45-39)57-28-14-12-11-13-15-28)43-32-21-27(54(9-3)10-4)17-19-30(32)48-50-36-34-25(6)23-56-38(34)52-59-36/h16-23,28H,7-15H2,1-6H3,(H2,42,43,44,45,46). The molecule has 5 heterocycles. The summed E-state index contributed by atoms with van der Waals surface area (Å²) < 4.78 is 9.20. The van der Waals surface area contributed by atoms with Gasteiger partial charge in [-0.3, -0.25) is 0 Å². The van der Waals surface area contributed by atoms with Gasteiger partial charge in [0.25, 0.3) is 0 Å². The molecule has 59 heavy (non-hydrogen) atoms. The Morgan fingerprint density at radius 1 is 0.644 bits per heavy atom. The Hall–Kier alpha value is -4.62. The highest BCUT2D eigenvalue weighted by Gasteiger charge is 2.20. The van der Waals surface area contributed by atoms with Crippen molar-refractivity contribution in [1.82, 2.24) is 23.7 Å². The largest absolute Gasteiger partial charge is 0.372 e. The summed E-state index contributed by atoms with van der Waals surface area (Å²) in [5, 5.41) is 35.1. The second kappa shape index (κ2) is 18.8. The van der Waals surface area contributed by atoms with Crippen LogP contribution in [0.25, 0.3) is 20.4 Å². The van der Waals surface area contributed by atoms with E-state index >= 15 is 0 Å². The molecule has 0 aliphatic heterocycles. The summed E-state index contributed by atoms with van der Waals surface area (Å²) >= 11 is 7.72. The van der Waals surface area contributed by atoms with Crippen LogP contribution >= 0.6 is 57.5 Å². The van der Waals surface area contributed by atoms with Crippen LogP contribution in [0.1, 0.15) is 70.9 Å². The fourth-order valence-corrected chi connectivity index (χ4v) is 12.0. The number of azo groups is 2. The quantitative estimate of drug-likeness (QED) is 0.0900. The first kappa shape index (κ1) is 41.1. The highest BCUT2D eigenvalue weighted by Crippen LogP contribution is 2.42. The van der Waals surface area contributed by atoms with Crippen molar-refractivity contribution in [2.75, 3.05) is 46.6 Å². The maximum Gasteiger partial charge on any atom is 0.233 e. The monoisotopic (exact) mass is 881 g/mol. The average molecular weight is 882 g/mol. The zero-order chi connectivity index (χ0) is 40.9. The lowest BCUT2D eigenvalue weighted by Crippen LogP contribution is -2.21. The summed E-state index contributed by atoms with van der Waals surface area (Å²) in [6.45, 7) is 16.3. The summed E-state index contributed by atoms with van der Waals surface area (Å²) in [6.07, 6.45) is 5.97. The number of benzene rings is 2. The Bertz CT molecular complexity index is 2430. The van der Waals surface area contributed by atoms with Crippen LogP contribution in [-0.4, -0.2) is 55.1 Å². The van der Waals surface area contributed by atoms with Crippen LogP contribution in [0.3, 0.4) is 0 Å². The molecule has 2 aromatic carbocycles. The van der Waals surface area contributed by atoms with E-state index in [0.717, 1.165) is 103 Å². The number of anilines is 6. The van der Waals surface area contributed by atoms with E-state index in [4.69, 9.17) is 35.4 Å². The summed E-state index contributed by atoms with van der Waals surface area (Å²) in [6, 6.07) is 12.4. The van der Waals surface area contributed by atoms with Gasteiger partial charge in [-0.05, 0) is 136 Å². The fraction of sp³-hybridized carbons (Fsp3) is 0.390. The van der Waals surface area contributed by atoms with Crippen LogP contribution in [0, 0.1) is 13.8 Å². The van der Waals surface area contributed by atoms with Crippen molar-refractivity contribution in [2.24, 2.45) is 20.5 Å². The van der Waals surface area contributed by atoms with E-state index in [9.17, 15) is 0 Å². The average Bonchev–Trinajstić information content (AvgIpc) is 4.03. The fourth-order valence-electron chi connectivity index (χ4n) is 7.20. The molecule has 306 valence electrons. The van der Waals surface area contributed by atoms with Crippen molar-refractivity contribution < 1.29 is 0 Å². The molecule has 0 saturated heterocycles. The van der Waals surface area contributed by atoms with Gasteiger partial charge in [0.15, 0.2) is 15.2 Å². The highest BCUT2D eigenvalue weighted by atomic mass is 32.2. The van der Waals surface area contributed by atoms with E-state index in [-0.39, 0.29) is 0 Å². The van der Waals surface area contributed by atoms with E-state index in [2.05, 4.69) is 106 Å². The van der Waals surface area contributed by atoms with E-state index in [1.165, 1.54) is 42.3 Å². The molecule has 7 aromatic rings. The lowest BCUT2D eigenvalue weighted by atomic mass is 10.0. The van der Waals surface area contributed by atoms with E-state index in [1.807, 2.05) is 12.1 Å².